The van der Waals surface area contributed by atoms with Gasteiger partial charge in [-0.2, -0.15) is 0 Å². The van der Waals surface area contributed by atoms with Crippen LogP contribution in [0.2, 0.25) is 0 Å². The van der Waals surface area contributed by atoms with E-state index < -0.39 is 10.0 Å². The Morgan fingerprint density at radius 3 is 2.29 bits per heavy atom. The van der Waals surface area contributed by atoms with Crippen LogP contribution in [0.25, 0.3) is 0 Å². The van der Waals surface area contributed by atoms with Crippen LogP contribution in [0.1, 0.15) is 0 Å². The highest BCUT2D eigenvalue weighted by atomic mass is 79.9. The van der Waals surface area contributed by atoms with E-state index in [0.29, 0.717) is 20.3 Å². The molecule has 0 spiro atoms. The monoisotopic (exact) mass is 450 g/mol. The molecule has 0 saturated heterocycles. The molecule has 0 aliphatic carbocycles. The molecule has 3 N–H and O–H groups in total. The summed E-state index contributed by atoms with van der Waals surface area (Å²) in [5.41, 5.74) is 6.70. The van der Waals surface area contributed by atoms with Crippen molar-refractivity contribution in [2.75, 3.05) is 16.7 Å². The van der Waals surface area contributed by atoms with Gasteiger partial charge in [-0.25, -0.2) is 8.42 Å². The first-order valence-corrected chi connectivity index (χ1v) is 10.0. The standard InChI is InChI=1S/C13H12Br2N2O2S2/c1-20-12-5-3-2-4-11(12)17-21(18,19)13-9(14)6-8(16)7-10(13)15/h2-7,17H,16H2,1H3. The highest BCUT2D eigenvalue weighted by molar-refractivity contribution is 9.11. The summed E-state index contributed by atoms with van der Waals surface area (Å²) >= 11 is 7.97. The van der Waals surface area contributed by atoms with E-state index in [1.54, 1.807) is 24.3 Å². The second kappa shape index (κ2) is 6.60. The summed E-state index contributed by atoms with van der Waals surface area (Å²) in [7, 11) is -3.74. The number of benzene rings is 2. The first-order valence-electron chi connectivity index (χ1n) is 5.75. The molecule has 0 amide bonds. The Morgan fingerprint density at radius 2 is 1.71 bits per heavy atom. The fourth-order valence-corrected chi connectivity index (χ4v) is 6.08. The Labute approximate surface area is 144 Å². The van der Waals surface area contributed by atoms with Crippen LogP contribution in [0.5, 0.6) is 0 Å². The highest BCUT2D eigenvalue weighted by Crippen LogP contribution is 2.35. The molecule has 0 atom stereocenters. The van der Waals surface area contributed by atoms with Gasteiger partial charge in [-0.05, 0) is 62.4 Å². The Balaban J connectivity index is 2.49. The number of hydrogen-bond acceptors (Lipinski definition) is 4. The molecule has 0 aliphatic rings. The zero-order chi connectivity index (χ0) is 15.6. The quantitative estimate of drug-likeness (QED) is 0.536. The molecule has 2 aromatic carbocycles. The predicted octanol–water partition coefficient (Wildman–Crippen LogP) is 4.32. The molecule has 0 heterocycles. The summed E-state index contributed by atoms with van der Waals surface area (Å²) in [6.45, 7) is 0. The van der Waals surface area contributed by atoms with E-state index in [2.05, 4.69) is 36.6 Å². The minimum Gasteiger partial charge on any atom is -0.399 e. The number of nitrogens with two attached hydrogens (primary N) is 1. The van der Waals surface area contributed by atoms with Gasteiger partial charge in [0.2, 0.25) is 0 Å². The molecule has 0 unspecified atom stereocenters. The van der Waals surface area contributed by atoms with Crippen LogP contribution in [-0.4, -0.2) is 14.7 Å². The van der Waals surface area contributed by atoms with Gasteiger partial charge in [-0.3, -0.25) is 4.72 Å². The summed E-state index contributed by atoms with van der Waals surface area (Å²) in [6, 6.07) is 10.3. The van der Waals surface area contributed by atoms with E-state index in [1.807, 2.05) is 18.4 Å². The Morgan fingerprint density at radius 1 is 1.14 bits per heavy atom. The highest BCUT2D eigenvalue weighted by Gasteiger charge is 2.22. The molecule has 2 rings (SSSR count). The molecular weight excluding hydrogens is 440 g/mol. The third-order valence-electron chi connectivity index (χ3n) is 2.64. The Hall–Kier alpha value is -0.700. The molecule has 0 fully saturated rings. The molecule has 4 nitrogen and oxygen atoms in total. The van der Waals surface area contributed by atoms with E-state index in [0.717, 1.165) is 4.90 Å². The van der Waals surface area contributed by atoms with Crippen LogP contribution in [0.3, 0.4) is 0 Å². The van der Waals surface area contributed by atoms with Crippen LogP contribution in [-0.2, 0) is 10.0 Å². The number of rotatable bonds is 4. The number of halogens is 2. The lowest BCUT2D eigenvalue weighted by molar-refractivity contribution is 0.600. The smallest absolute Gasteiger partial charge is 0.264 e. The van der Waals surface area contributed by atoms with Crippen LogP contribution in [0, 0.1) is 0 Å². The lowest BCUT2D eigenvalue weighted by Crippen LogP contribution is -2.15. The molecule has 0 bridgehead atoms. The number of para-hydroxylation sites is 1. The summed E-state index contributed by atoms with van der Waals surface area (Å²) < 4.78 is 28.6. The molecule has 21 heavy (non-hydrogen) atoms. The first kappa shape index (κ1) is 16.7. The molecule has 0 radical (unpaired) electrons. The molecule has 8 heteroatoms. The number of thioether (sulfide) groups is 1. The lowest BCUT2D eigenvalue weighted by atomic mass is 10.3. The van der Waals surface area contributed by atoms with Gasteiger partial charge in [0.15, 0.2) is 0 Å². The largest absolute Gasteiger partial charge is 0.399 e. The third kappa shape index (κ3) is 3.74. The van der Waals surface area contributed by atoms with Crippen molar-refractivity contribution in [3.05, 3.63) is 45.3 Å². The maximum absolute atomic E-state index is 12.6. The number of nitrogen functional groups attached to an aromatic ring is 1. The fourth-order valence-electron chi connectivity index (χ4n) is 1.76. The zero-order valence-electron chi connectivity index (χ0n) is 10.9. The van der Waals surface area contributed by atoms with Crippen molar-refractivity contribution in [1.29, 1.82) is 0 Å². The third-order valence-corrected chi connectivity index (χ3v) is 6.68. The van der Waals surface area contributed by atoms with Crippen molar-refractivity contribution in [2.24, 2.45) is 0 Å². The predicted molar refractivity (Wildman–Crippen MR) is 95.3 cm³/mol. The van der Waals surface area contributed by atoms with Crippen molar-refractivity contribution >= 4 is 65.0 Å². The normalized spacial score (nSPS) is 11.4. The van der Waals surface area contributed by atoms with Crippen LogP contribution < -0.4 is 10.5 Å². The van der Waals surface area contributed by atoms with Crippen LogP contribution >= 0.6 is 43.6 Å². The Bertz CT molecular complexity index is 756. The van der Waals surface area contributed by atoms with E-state index in [1.165, 1.54) is 11.8 Å². The summed E-state index contributed by atoms with van der Waals surface area (Å²) in [6.07, 6.45) is 1.89. The molecule has 0 aromatic heterocycles. The van der Waals surface area contributed by atoms with Gasteiger partial charge in [0.25, 0.3) is 10.0 Å². The number of nitrogens with one attached hydrogen (secondary N) is 1. The van der Waals surface area contributed by atoms with Gasteiger partial charge in [0.05, 0.1) is 5.69 Å². The lowest BCUT2D eigenvalue weighted by Gasteiger charge is -2.14. The van der Waals surface area contributed by atoms with Gasteiger partial charge in [-0.1, -0.05) is 12.1 Å². The molecular formula is C13H12Br2N2O2S2. The molecule has 112 valence electrons. The van der Waals surface area contributed by atoms with Crippen molar-refractivity contribution in [2.45, 2.75) is 9.79 Å². The number of anilines is 2. The summed E-state index contributed by atoms with van der Waals surface area (Å²) in [5.74, 6) is 0. The van der Waals surface area contributed by atoms with Crippen LogP contribution in [0.4, 0.5) is 11.4 Å². The van der Waals surface area contributed by atoms with Crippen molar-refractivity contribution in [3.63, 3.8) is 0 Å². The van der Waals surface area contributed by atoms with Crippen molar-refractivity contribution in [3.8, 4) is 0 Å². The second-order valence-corrected chi connectivity index (χ2v) is 8.30. The Kier molecular flexibility index (Phi) is 5.24. The minimum atomic E-state index is -3.74. The van der Waals surface area contributed by atoms with E-state index in [4.69, 9.17) is 5.73 Å². The minimum absolute atomic E-state index is 0.118. The van der Waals surface area contributed by atoms with Crippen molar-refractivity contribution < 1.29 is 8.42 Å². The summed E-state index contributed by atoms with van der Waals surface area (Å²) in [5, 5.41) is 0. The maximum Gasteiger partial charge on any atom is 0.264 e. The van der Waals surface area contributed by atoms with Gasteiger partial charge in [-0.15, -0.1) is 11.8 Å². The number of hydrogen-bond donors (Lipinski definition) is 2. The first-order chi connectivity index (χ1) is 9.85. The SMILES string of the molecule is CSc1ccccc1NS(=O)(=O)c1c(Br)cc(N)cc1Br. The van der Waals surface area contributed by atoms with Gasteiger partial charge < -0.3 is 5.73 Å². The average Bonchev–Trinajstić information content (AvgIpc) is 2.37. The second-order valence-electron chi connectivity index (χ2n) is 4.12. The number of sulfonamides is 1. The maximum atomic E-state index is 12.6. The summed E-state index contributed by atoms with van der Waals surface area (Å²) in [4.78, 5) is 0.969. The molecule has 2 aromatic rings. The molecule has 0 aliphatic heterocycles. The molecule has 0 saturated carbocycles. The van der Waals surface area contributed by atoms with Crippen LogP contribution in [0.15, 0.2) is 55.1 Å². The van der Waals surface area contributed by atoms with Crippen molar-refractivity contribution in [1.82, 2.24) is 0 Å². The van der Waals surface area contributed by atoms with E-state index in [9.17, 15) is 8.42 Å². The van der Waals surface area contributed by atoms with E-state index >= 15 is 0 Å². The van der Waals surface area contributed by atoms with Gasteiger partial charge in [0, 0.05) is 19.5 Å². The topological polar surface area (TPSA) is 72.2 Å². The fraction of sp³-hybridized carbons (Fsp3) is 0.0769. The van der Waals surface area contributed by atoms with E-state index in [-0.39, 0.29) is 4.90 Å². The zero-order valence-corrected chi connectivity index (χ0v) is 15.7. The average molecular weight is 452 g/mol. The van der Waals surface area contributed by atoms with Gasteiger partial charge >= 0.3 is 0 Å². The van der Waals surface area contributed by atoms with Gasteiger partial charge in [0.1, 0.15) is 4.90 Å².